The van der Waals surface area contributed by atoms with Crippen molar-refractivity contribution in [3.05, 3.63) is 30.3 Å². The lowest BCUT2D eigenvalue weighted by Gasteiger charge is -2.13. The average Bonchev–Trinajstić information content (AvgIpc) is 2.48. The van der Waals surface area contributed by atoms with E-state index in [-0.39, 0.29) is 12.4 Å². The Morgan fingerprint density at radius 3 is 2.73 bits per heavy atom. The summed E-state index contributed by atoms with van der Waals surface area (Å²) < 4.78 is 0. The van der Waals surface area contributed by atoms with Crippen LogP contribution in [0.2, 0.25) is 0 Å². The number of hydrogen-bond donors (Lipinski definition) is 1. The van der Waals surface area contributed by atoms with Crippen LogP contribution in [-0.2, 0) is 0 Å². The molecule has 1 heterocycles. The third kappa shape index (κ3) is 4.45. The summed E-state index contributed by atoms with van der Waals surface area (Å²) in [5, 5.41) is 4.26. The quantitative estimate of drug-likeness (QED) is 0.855. The molecule has 1 aliphatic rings. The number of hydrogen-bond acceptors (Lipinski definition) is 2. The standard InChI is InChI=1S/C12H17NS.ClH/c1-2-6-11(7-3-1)14-12-8-4-5-9-13-10-12;/h1-3,6-7,12-13H,4-5,8-10H2;1H. The molecule has 3 heteroatoms. The van der Waals surface area contributed by atoms with Gasteiger partial charge >= 0.3 is 0 Å². The topological polar surface area (TPSA) is 12.0 Å². The van der Waals surface area contributed by atoms with Crippen LogP contribution in [0.4, 0.5) is 0 Å². The first-order valence-electron chi connectivity index (χ1n) is 5.37. The van der Waals surface area contributed by atoms with Crippen LogP contribution in [0, 0.1) is 0 Å². The number of benzene rings is 1. The lowest BCUT2D eigenvalue weighted by molar-refractivity contribution is 0.706. The van der Waals surface area contributed by atoms with E-state index in [0.29, 0.717) is 0 Å². The summed E-state index contributed by atoms with van der Waals surface area (Å²) in [5.74, 6) is 0. The largest absolute Gasteiger partial charge is 0.316 e. The molecule has 1 unspecified atom stereocenters. The predicted molar refractivity (Wildman–Crippen MR) is 70.1 cm³/mol. The van der Waals surface area contributed by atoms with Crippen molar-refractivity contribution in [3.8, 4) is 0 Å². The molecule has 1 fully saturated rings. The van der Waals surface area contributed by atoms with E-state index in [1.165, 1.54) is 37.2 Å². The van der Waals surface area contributed by atoms with E-state index in [9.17, 15) is 0 Å². The second-order valence-electron chi connectivity index (χ2n) is 3.75. The summed E-state index contributed by atoms with van der Waals surface area (Å²) >= 11 is 2.02. The van der Waals surface area contributed by atoms with Gasteiger partial charge in [0.2, 0.25) is 0 Å². The van der Waals surface area contributed by atoms with Crippen molar-refractivity contribution in [2.24, 2.45) is 0 Å². The molecule has 1 aliphatic heterocycles. The highest BCUT2D eigenvalue weighted by Crippen LogP contribution is 2.26. The Balaban J connectivity index is 0.00000112. The zero-order chi connectivity index (χ0) is 9.64. The second kappa shape index (κ2) is 7.15. The minimum Gasteiger partial charge on any atom is -0.316 e. The van der Waals surface area contributed by atoms with Gasteiger partial charge < -0.3 is 5.32 Å². The number of halogens is 1. The van der Waals surface area contributed by atoms with Crippen LogP contribution in [0.1, 0.15) is 19.3 Å². The van der Waals surface area contributed by atoms with E-state index in [1.807, 2.05) is 11.8 Å². The smallest absolute Gasteiger partial charge is 0.0219 e. The predicted octanol–water partition coefficient (Wildman–Crippen LogP) is 3.34. The van der Waals surface area contributed by atoms with E-state index in [1.54, 1.807) is 0 Å². The molecule has 1 atom stereocenters. The van der Waals surface area contributed by atoms with Crippen LogP contribution >= 0.6 is 24.2 Å². The molecule has 1 saturated heterocycles. The molecule has 0 bridgehead atoms. The summed E-state index contributed by atoms with van der Waals surface area (Å²) in [6, 6.07) is 10.7. The van der Waals surface area contributed by atoms with Crippen molar-refractivity contribution in [2.45, 2.75) is 29.4 Å². The van der Waals surface area contributed by atoms with E-state index in [0.717, 1.165) is 5.25 Å². The van der Waals surface area contributed by atoms with Crippen LogP contribution < -0.4 is 5.32 Å². The summed E-state index contributed by atoms with van der Waals surface area (Å²) in [7, 11) is 0. The average molecular weight is 244 g/mol. The minimum absolute atomic E-state index is 0. The Morgan fingerprint density at radius 1 is 1.13 bits per heavy atom. The molecule has 2 rings (SSSR count). The molecule has 1 aromatic carbocycles. The van der Waals surface area contributed by atoms with Crippen LogP contribution in [0.15, 0.2) is 35.2 Å². The van der Waals surface area contributed by atoms with Crippen molar-refractivity contribution >= 4 is 24.2 Å². The molecule has 0 saturated carbocycles. The van der Waals surface area contributed by atoms with Crippen LogP contribution in [0.25, 0.3) is 0 Å². The lowest BCUT2D eigenvalue weighted by atomic mass is 10.2. The van der Waals surface area contributed by atoms with Gasteiger partial charge in [0, 0.05) is 16.7 Å². The zero-order valence-electron chi connectivity index (χ0n) is 8.82. The fraction of sp³-hybridized carbons (Fsp3) is 0.500. The van der Waals surface area contributed by atoms with E-state index in [2.05, 4.69) is 35.6 Å². The first kappa shape index (κ1) is 12.9. The molecule has 84 valence electrons. The molecule has 1 nitrogen and oxygen atoms in total. The Bertz CT molecular complexity index is 258. The van der Waals surface area contributed by atoms with Gasteiger partial charge in [-0.05, 0) is 31.5 Å². The highest BCUT2D eigenvalue weighted by molar-refractivity contribution is 8.00. The summed E-state index contributed by atoms with van der Waals surface area (Å²) in [5.41, 5.74) is 0. The number of thioether (sulfide) groups is 1. The molecule has 0 amide bonds. The molecule has 0 radical (unpaired) electrons. The van der Waals surface area contributed by atoms with Crippen LogP contribution in [-0.4, -0.2) is 18.3 Å². The molecule has 0 aromatic heterocycles. The Kier molecular flexibility index (Phi) is 6.15. The maximum absolute atomic E-state index is 3.50. The van der Waals surface area contributed by atoms with Gasteiger partial charge in [-0.15, -0.1) is 24.2 Å². The molecule has 0 spiro atoms. The SMILES string of the molecule is Cl.c1ccc(SC2CCCCNC2)cc1. The van der Waals surface area contributed by atoms with Crippen LogP contribution in [0.3, 0.4) is 0 Å². The maximum atomic E-state index is 3.50. The highest BCUT2D eigenvalue weighted by atomic mass is 35.5. The third-order valence-corrected chi connectivity index (χ3v) is 3.83. The first-order valence-corrected chi connectivity index (χ1v) is 6.25. The van der Waals surface area contributed by atoms with Crippen molar-refractivity contribution in [1.82, 2.24) is 5.32 Å². The van der Waals surface area contributed by atoms with Crippen LogP contribution in [0.5, 0.6) is 0 Å². The van der Waals surface area contributed by atoms with E-state index < -0.39 is 0 Å². The maximum Gasteiger partial charge on any atom is 0.0219 e. The fourth-order valence-electron chi connectivity index (χ4n) is 1.78. The zero-order valence-corrected chi connectivity index (χ0v) is 10.4. The van der Waals surface area contributed by atoms with Gasteiger partial charge in [0.15, 0.2) is 0 Å². The second-order valence-corrected chi connectivity index (χ2v) is 5.13. The highest BCUT2D eigenvalue weighted by Gasteiger charge is 2.12. The lowest BCUT2D eigenvalue weighted by Crippen LogP contribution is -2.22. The van der Waals surface area contributed by atoms with Gasteiger partial charge in [-0.1, -0.05) is 24.6 Å². The Hall–Kier alpha value is -0.180. The monoisotopic (exact) mass is 243 g/mol. The summed E-state index contributed by atoms with van der Waals surface area (Å²) in [6.07, 6.45) is 4.07. The minimum atomic E-state index is 0. The van der Waals surface area contributed by atoms with Gasteiger partial charge in [0.05, 0.1) is 0 Å². The molecule has 1 N–H and O–H groups in total. The van der Waals surface area contributed by atoms with Crippen molar-refractivity contribution in [3.63, 3.8) is 0 Å². The summed E-state index contributed by atoms with van der Waals surface area (Å²) in [4.78, 5) is 1.40. The van der Waals surface area contributed by atoms with Crippen molar-refractivity contribution in [2.75, 3.05) is 13.1 Å². The number of nitrogens with one attached hydrogen (secondary N) is 1. The molecule has 15 heavy (non-hydrogen) atoms. The third-order valence-electron chi connectivity index (χ3n) is 2.55. The van der Waals surface area contributed by atoms with Gasteiger partial charge in [-0.3, -0.25) is 0 Å². The normalized spacial score (nSPS) is 21.5. The van der Waals surface area contributed by atoms with Gasteiger partial charge in [0.25, 0.3) is 0 Å². The van der Waals surface area contributed by atoms with E-state index in [4.69, 9.17) is 0 Å². The molecular formula is C12H18ClNS. The van der Waals surface area contributed by atoms with Crippen molar-refractivity contribution < 1.29 is 0 Å². The van der Waals surface area contributed by atoms with Gasteiger partial charge in [0.1, 0.15) is 0 Å². The van der Waals surface area contributed by atoms with Gasteiger partial charge in [-0.25, -0.2) is 0 Å². The van der Waals surface area contributed by atoms with Crippen molar-refractivity contribution in [1.29, 1.82) is 0 Å². The fourth-order valence-corrected chi connectivity index (χ4v) is 2.96. The Labute approximate surface area is 102 Å². The molecular weight excluding hydrogens is 226 g/mol. The molecule has 1 aromatic rings. The first-order chi connectivity index (χ1) is 6.95. The van der Waals surface area contributed by atoms with Gasteiger partial charge in [-0.2, -0.15) is 0 Å². The number of rotatable bonds is 2. The Morgan fingerprint density at radius 2 is 1.93 bits per heavy atom. The summed E-state index contributed by atoms with van der Waals surface area (Å²) in [6.45, 7) is 2.37. The van der Waals surface area contributed by atoms with E-state index >= 15 is 0 Å². The molecule has 0 aliphatic carbocycles.